The molecule has 0 spiro atoms. The second-order valence-corrected chi connectivity index (χ2v) is 6.99. The van der Waals surface area contributed by atoms with Crippen LogP contribution >= 0.6 is 11.8 Å². The van der Waals surface area contributed by atoms with Gasteiger partial charge in [-0.05, 0) is 66.5 Å². The number of carbonyl (C=O) groups excluding carboxylic acids is 1. The molecular weight excluding hydrogens is 316 g/mol. The lowest BCUT2D eigenvalue weighted by Gasteiger charge is -2.23. The lowest BCUT2D eigenvalue weighted by atomic mass is 9.90. The molecule has 2 nitrogen and oxygen atoms in total. The predicted octanol–water partition coefficient (Wildman–Crippen LogP) is 4.76. The quantitative estimate of drug-likeness (QED) is 0.759. The zero-order chi connectivity index (χ0) is 16.4. The van der Waals surface area contributed by atoms with Crippen LogP contribution in [0.4, 0.5) is 8.78 Å². The molecule has 0 N–H and O–H groups in total. The summed E-state index contributed by atoms with van der Waals surface area (Å²) < 4.78 is 28.7. The molecule has 1 aliphatic heterocycles. The summed E-state index contributed by atoms with van der Waals surface area (Å²) in [5, 5.41) is 0. The number of rotatable bonds is 3. The van der Waals surface area contributed by atoms with Gasteiger partial charge in [0.25, 0.3) is 0 Å². The molecule has 2 heterocycles. The van der Waals surface area contributed by atoms with E-state index < -0.39 is 11.6 Å². The zero-order valence-electron chi connectivity index (χ0n) is 12.8. The van der Waals surface area contributed by atoms with Gasteiger partial charge in [0, 0.05) is 5.56 Å². The normalized spacial score (nSPS) is 15.6. The molecule has 3 rings (SSSR count). The smallest absolute Gasteiger partial charge is 0.168 e. The number of benzene rings is 1. The van der Waals surface area contributed by atoms with Gasteiger partial charge in [0.05, 0.1) is 0 Å². The third-order valence-electron chi connectivity index (χ3n) is 4.23. The van der Waals surface area contributed by atoms with E-state index in [1.165, 1.54) is 12.1 Å². The average molecular weight is 333 g/mol. The summed E-state index contributed by atoms with van der Waals surface area (Å²) in [5.74, 6) is 1.43. The number of carbonyl (C=O) groups is 1. The molecular formula is C18H17F2NOS. The second kappa shape index (κ2) is 6.79. The Bertz CT molecular complexity index is 719. The Morgan fingerprint density at radius 1 is 1.17 bits per heavy atom. The van der Waals surface area contributed by atoms with Crippen LogP contribution in [0.15, 0.2) is 24.3 Å². The Labute approximate surface area is 138 Å². The van der Waals surface area contributed by atoms with Gasteiger partial charge in [-0.1, -0.05) is 6.07 Å². The van der Waals surface area contributed by atoms with Crippen molar-refractivity contribution >= 4 is 18.0 Å². The highest BCUT2D eigenvalue weighted by Gasteiger charge is 2.21. The summed E-state index contributed by atoms with van der Waals surface area (Å²) in [5.41, 5.74) is 1.74. The third kappa shape index (κ3) is 3.29. The fourth-order valence-corrected chi connectivity index (χ4v) is 4.14. The van der Waals surface area contributed by atoms with E-state index in [4.69, 9.17) is 0 Å². The van der Waals surface area contributed by atoms with Gasteiger partial charge in [0.15, 0.2) is 6.29 Å². The van der Waals surface area contributed by atoms with Gasteiger partial charge >= 0.3 is 0 Å². The van der Waals surface area contributed by atoms with Crippen molar-refractivity contribution in [3.8, 4) is 11.3 Å². The fourth-order valence-electron chi connectivity index (χ4n) is 3.04. The molecule has 0 amide bonds. The van der Waals surface area contributed by atoms with Gasteiger partial charge in [0.1, 0.15) is 23.0 Å². The minimum Gasteiger partial charge on any atom is -0.296 e. The zero-order valence-corrected chi connectivity index (χ0v) is 13.6. The van der Waals surface area contributed by atoms with E-state index in [2.05, 4.69) is 4.98 Å². The topological polar surface area (TPSA) is 30.0 Å². The van der Waals surface area contributed by atoms with E-state index in [-0.39, 0.29) is 17.0 Å². The summed E-state index contributed by atoms with van der Waals surface area (Å²) >= 11 is 1.92. The van der Waals surface area contributed by atoms with Gasteiger partial charge < -0.3 is 0 Å². The van der Waals surface area contributed by atoms with E-state index in [0.29, 0.717) is 17.8 Å². The molecule has 1 aromatic carbocycles. The van der Waals surface area contributed by atoms with Crippen LogP contribution in [-0.4, -0.2) is 22.8 Å². The maximum Gasteiger partial charge on any atom is 0.168 e. The fraction of sp³-hybridized carbons (Fsp3) is 0.333. The molecule has 0 aliphatic carbocycles. The molecule has 0 radical (unpaired) electrons. The molecule has 0 atom stereocenters. The maximum absolute atomic E-state index is 14.7. The lowest BCUT2D eigenvalue weighted by molar-refractivity contribution is 0.111. The van der Waals surface area contributed by atoms with Crippen LogP contribution in [0.5, 0.6) is 0 Å². The first-order valence-electron chi connectivity index (χ1n) is 7.60. The lowest BCUT2D eigenvalue weighted by Crippen LogP contribution is -2.09. The number of aldehydes is 1. The number of aromatic nitrogens is 1. The highest BCUT2D eigenvalue weighted by atomic mass is 32.2. The van der Waals surface area contributed by atoms with E-state index in [0.717, 1.165) is 36.0 Å². The Morgan fingerprint density at radius 2 is 1.91 bits per heavy atom. The van der Waals surface area contributed by atoms with Gasteiger partial charge in [-0.2, -0.15) is 11.8 Å². The van der Waals surface area contributed by atoms with Crippen molar-refractivity contribution in [2.45, 2.75) is 25.7 Å². The predicted molar refractivity (Wildman–Crippen MR) is 89.0 cm³/mol. The largest absolute Gasteiger partial charge is 0.296 e. The molecule has 1 aromatic heterocycles. The average Bonchev–Trinajstić information content (AvgIpc) is 2.56. The number of hydrogen-bond acceptors (Lipinski definition) is 3. The first kappa shape index (κ1) is 16.1. The molecule has 5 heteroatoms. The Balaban J connectivity index is 2.05. The maximum atomic E-state index is 14.7. The molecule has 0 saturated carbocycles. The Kier molecular flexibility index (Phi) is 4.76. The molecule has 2 aromatic rings. The van der Waals surface area contributed by atoms with Crippen LogP contribution in [0.1, 0.15) is 40.4 Å². The molecule has 1 fully saturated rings. The molecule has 0 bridgehead atoms. The number of hydrogen-bond donors (Lipinski definition) is 0. The molecule has 1 saturated heterocycles. The minimum absolute atomic E-state index is 0.0913. The van der Waals surface area contributed by atoms with Gasteiger partial charge in [-0.25, -0.2) is 13.8 Å². The number of halogens is 2. The van der Waals surface area contributed by atoms with Crippen LogP contribution in [0.2, 0.25) is 0 Å². The van der Waals surface area contributed by atoms with Gasteiger partial charge in [-0.15, -0.1) is 0 Å². The van der Waals surface area contributed by atoms with E-state index >= 15 is 0 Å². The van der Waals surface area contributed by atoms with Crippen LogP contribution in [0.25, 0.3) is 11.3 Å². The summed E-state index contributed by atoms with van der Waals surface area (Å²) in [6.07, 6.45) is 2.61. The molecule has 23 heavy (non-hydrogen) atoms. The monoisotopic (exact) mass is 333 g/mol. The van der Waals surface area contributed by atoms with Crippen LogP contribution in [0.3, 0.4) is 0 Å². The van der Waals surface area contributed by atoms with Crippen molar-refractivity contribution in [1.82, 2.24) is 4.98 Å². The van der Waals surface area contributed by atoms with Crippen molar-refractivity contribution in [2.75, 3.05) is 11.5 Å². The van der Waals surface area contributed by atoms with Gasteiger partial charge in [-0.3, -0.25) is 4.79 Å². The summed E-state index contributed by atoms with van der Waals surface area (Å²) in [4.78, 5) is 14.8. The highest BCUT2D eigenvalue weighted by molar-refractivity contribution is 7.99. The van der Waals surface area contributed by atoms with E-state index in [1.807, 2.05) is 17.8 Å². The van der Waals surface area contributed by atoms with Crippen LogP contribution in [0, 0.1) is 18.6 Å². The van der Waals surface area contributed by atoms with Crippen molar-refractivity contribution in [3.05, 3.63) is 52.7 Å². The van der Waals surface area contributed by atoms with E-state index in [1.54, 1.807) is 6.92 Å². The van der Waals surface area contributed by atoms with Crippen molar-refractivity contribution < 1.29 is 13.6 Å². The molecule has 0 unspecified atom stereocenters. The first-order valence-corrected chi connectivity index (χ1v) is 8.75. The molecule has 1 aliphatic rings. The molecule has 120 valence electrons. The van der Waals surface area contributed by atoms with Crippen LogP contribution < -0.4 is 0 Å². The van der Waals surface area contributed by atoms with Crippen molar-refractivity contribution in [1.29, 1.82) is 0 Å². The number of aryl methyl sites for hydroxylation is 1. The summed E-state index contributed by atoms with van der Waals surface area (Å²) in [6, 6.07) is 5.86. The van der Waals surface area contributed by atoms with Crippen molar-refractivity contribution in [2.24, 2.45) is 0 Å². The van der Waals surface area contributed by atoms with E-state index in [9.17, 15) is 13.6 Å². The summed E-state index contributed by atoms with van der Waals surface area (Å²) in [7, 11) is 0. The highest BCUT2D eigenvalue weighted by Crippen LogP contribution is 2.35. The Hall–Kier alpha value is -1.75. The summed E-state index contributed by atoms with van der Waals surface area (Å²) in [6.45, 7) is 1.76. The minimum atomic E-state index is -0.626. The second-order valence-electron chi connectivity index (χ2n) is 5.77. The standard InChI is InChI=1S/C18H17F2NOS/c1-11-8-13(12-4-6-23-7-5-12)9-16(20)17(11)18-15(19)3-2-14(10-22)21-18/h2-3,8-10,12H,4-7H2,1H3. The van der Waals surface area contributed by atoms with Crippen LogP contribution in [-0.2, 0) is 0 Å². The number of thioether (sulfide) groups is 1. The third-order valence-corrected chi connectivity index (χ3v) is 5.28. The Morgan fingerprint density at radius 3 is 2.57 bits per heavy atom. The SMILES string of the molecule is Cc1cc(C2CCSCC2)cc(F)c1-c1nc(C=O)ccc1F. The number of nitrogens with zero attached hydrogens (tertiary/aromatic N) is 1. The number of pyridine rings is 1. The van der Waals surface area contributed by atoms with Crippen molar-refractivity contribution in [3.63, 3.8) is 0 Å². The van der Waals surface area contributed by atoms with Gasteiger partial charge in [0.2, 0.25) is 0 Å². The first-order chi connectivity index (χ1) is 11.1.